The molecule has 0 aromatic heterocycles. The first-order valence-electron chi connectivity index (χ1n) is 9.19. The minimum atomic E-state index is 0.682. The summed E-state index contributed by atoms with van der Waals surface area (Å²) in [5.41, 5.74) is 0. The summed E-state index contributed by atoms with van der Waals surface area (Å²) in [7, 11) is 2.26. The summed E-state index contributed by atoms with van der Waals surface area (Å²) in [5, 5.41) is 5.22. The summed E-state index contributed by atoms with van der Waals surface area (Å²) in [6.45, 7) is 19.8. The maximum Gasteiger partial charge on any atom is 0.0261 e. The second-order valence-electron chi connectivity index (χ2n) is 6.62. The van der Waals surface area contributed by atoms with Crippen molar-refractivity contribution in [3.05, 3.63) is 0 Å². The van der Waals surface area contributed by atoms with Crippen LogP contribution in [0.5, 0.6) is 0 Å². The quantitative estimate of drug-likeness (QED) is 0.474. The van der Waals surface area contributed by atoms with Crippen molar-refractivity contribution in [1.82, 2.24) is 14.9 Å². The van der Waals surface area contributed by atoms with Crippen LogP contribution in [0.4, 0.5) is 0 Å². The van der Waals surface area contributed by atoms with Crippen molar-refractivity contribution in [1.29, 1.82) is 0 Å². The van der Waals surface area contributed by atoms with Gasteiger partial charge in [0.2, 0.25) is 0 Å². The number of rotatable bonds is 13. The van der Waals surface area contributed by atoms with E-state index in [2.05, 4.69) is 63.5 Å². The molecule has 0 saturated heterocycles. The van der Waals surface area contributed by atoms with E-state index in [-0.39, 0.29) is 0 Å². The maximum atomic E-state index is 2.63. The molecule has 0 fully saturated rings. The highest BCUT2D eigenvalue weighted by Crippen LogP contribution is 2.10. The Bertz CT molecular complexity index is 227. The Morgan fingerprint density at radius 3 is 1.71 bits per heavy atom. The van der Waals surface area contributed by atoms with E-state index in [0.717, 1.165) is 19.0 Å². The molecular formula is C18H41N3. The van der Waals surface area contributed by atoms with E-state index in [4.69, 9.17) is 0 Å². The van der Waals surface area contributed by atoms with Crippen molar-refractivity contribution in [3.63, 3.8) is 0 Å². The minimum Gasteiger partial charge on any atom is -0.302 e. The molecule has 21 heavy (non-hydrogen) atoms. The molecule has 128 valence electrons. The van der Waals surface area contributed by atoms with Crippen LogP contribution in [0.2, 0.25) is 0 Å². The van der Waals surface area contributed by atoms with Crippen LogP contribution >= 0.6 is 0 Å². The predicted molar refractivity (Wildman–Crippen MR) is 95.6 cm³/mol. The monoisotopic (exact) mass is 299 g/mol. The fourth-order valence-electron chi connectivity index (χ4n) is 2.55. The van der Waals surface area contributed by atoms with Gasteiger partial charge in [0.15, 0.2) is 0 Å². The van der Waals surface area contributed by atoms with E-state index in [1.165, 1.54) is 45.3 Å². The normalized spacial score (nSPS) is 15.1. The molecule has 3 nitrogen and oxygen atoms in total. The molecule has 0 amide bonds. The number of likely N-dealkylation sites (N-methyl/N-ethyl adjacent to an activating group) is 1. The van der Waals surface area contributed by atoms with Crippen molar-refractivity contribution in [2.75, 3.05) is 39.8 Å². The van der Waals surface area contributed by atoms with Crippen LogP contribution in [-0.2, 0) is 0 Å². The molecule has 0 heterocycles. The van der Waals surface area contributed by atoms with Crippen molar-refractivity contribution < 1.29 is 0 Å². The summed E-state index contributed by atoms with van der Waals surface area (Å²) in [4.78, 5) is 2.50. The third kappa shape index (κ3) is 8.80. The van der Waals surface area contributed by atoms with Gasteiger partial charge in [-0.05, 0) is 39.2 Å². The fourth-order valence-corrected chi connectivity index (χ4v) is 2.55. The number of hydrogen-bond acceptors (Lipinski definition) is 3. The number of hydrazine groups is 1. The van der Waals surface area contributed by atoms with Crippen LogP contribution < -0.4 is 0 Å². The topological polar surface area (TPSA) is 9.72 Å². The maximum absolute atomic E-state index is 2.63. The van der Waals surface area contributed by atoms with E-state index < -0.39 is 0 Å². The molecule has 0 spiro atoms. The summed E-state index contributed by atoms with van der Waals surface area (Å²) < 4.78 is 0. The van der Waals surface area contributed by atoms with Gasteiger partial charge in [0.05, 0.1) is 0 Å². The molecule has 0 rings (SSSR count). The number of hydrogen-bond donors (Lipinski definition) is 0. The zero-order valence-electron chi connectivity index (χ0n) is 15.9. The van der Waals surface area contributed by atoms with Crippen molar-refractivity contribution in [2.45, 2.75) is 73.3 Å². The molecule has 0 aromatic rings. The van der Waals surface area contributed by atoms with Crippen LogP contribution in [0.25, 0.3) is 0 Å². The molecule has 0 bridgehead atoms. The molecule has 0 aromatic carbocycles. The first-order valence-corrected chi connectivity index (χ1v) is 9.19. The molecule has 0 aliphatic rings. The van der Waals surface area contributed by atoms with Crippen LogP contribution in [0, 0.1) is 5.92 Å². The molecule has 3 heteroatoms. The molecule has 0 radical (unpaired) electrons. The summed E-state index contributed by atoms with van der Waals surface area (Å²) in [6, 6.07) is 0.682. The van der Waals surface area contributed by atoms with E-state index in [9.17, 15) is 0 Å². The number of nitrogens with zero attached hydrogens (tertiary/aromatic N) is 3. The average molecular weight is 300 g/mol. The summed E-state index contributed by atoms with van der Waals surface area (Å²) in [6.07, 6.45) is 4.97. The highest BCUT2D eigenvalue weighted by Gasteiger charge is 2.17. The Balaban J connectivity index is 4.62. The van der Waals surface area contributed by atoms with Crippen LogP contribution in [0.1, 0.15) is 67.2 Å². The highest BCUT2D eigenvalue weighted by atomic mass is 15.6. The first-order chi connectivity index (χ1) is 9.99. The zero-order chi connectivity index (χ0) is 16.3. The van der Waals surface area contributed by atoms with Crippen molar-refractivity contribution >= 4 is 0 Å². The first kappa shape index (κ1) is 20.9. The van der Waals surface area contributed by atoms with Gasteiger partial charge in [-0.25, -0.2) is 10.0 Å². The third-order valence-electron chi connectivity index (χ3n) is 4.64. The molecule has 2 unspecified atom stereocenters. The lowest BCUT2D eigenvalue weighted by Gasteiger charge is -2.38. The van der Waals surface area contributed by atoms with Gasteiger partial charge < -0.3 is 4.90 Å². The third-order valence-corrected chi connectivity index (χ3v) is 4.64. The Kier molecular flexibility index (Phi) is 12.4. The van der Waals surface area contributed by atoms with Gasteiger partial charge in [-0.15, -0.1) is 0 Å². The van der Waals surface area contributed by atoms with Gasteiger partial charge >= 0.3 is 0 Å². The van der Waals surface area contributed by atoms with Crippen LogP contribution in [0.15, 0.2) is 0 Å². The largest absolute Gasteiger partial charge is 0.302 e. The molecule has 0 aliphatic carbocycles. The standard InChI is InChI=1S/C18H41N3/c1-8-12-20(13-9-2)21(16-17(5)10-3)15-14-19(7)18(6)11-4/h17-18H,8-16H2,1-7H3. The smallest absolute Gasteiger partial charge is 0.0261 e. The molecular weight excluding hydrogens is 258 g/mol. The lowest BCUT2D eigenvalue weighted by Crippen LogP contribution is -2.49. The van der Waals surface area contributed by atoms with Gasteiger partial charge in [-0.1, -0.05) is 41.0 Å². The Morgan fingerprint density at radius 1 is 0.714 bits per heavy atom. The molecule has 0 saturated carbocycles. The highest BCUT2D eigenvalue weighted by molar-refractivity contribution is 4.67. The summed E-state index contributed by atoms with van der Waals surface area (Å²) >= 11 is 0. The predicted octanol–water partition coefficient (Wildman–Crippen LogP) is 4.10. The lowest BCUT2D eigenvalue weighted by molar-refractivity contribution is -0.0418. The summed E-state index contributed by atoms with van der Waals surface area (Å²) in [5.74, 6) is 0.773. The van der Waals surface area contributed by atoms with Crippen molar-refractivity contribution in [2.24, 2.45) is 5.92 Å². The van der Waals surface area contributed by atoms with Crippen LogP contribution in [0.3, 0.4) is 0 Å². The molecule has 0 aliphatic heterocycles. The zero-order valence-corrected chi connectivity index (χ0v) is 15.9. The molecule has 0 N–H and O–H groups in total. The SMILES string of the molecule is CCCN(CCC)N(CCN(C)C(C)CC)CC(C)CC. The van der Waals surface area contributed by atoms with Gasteiger partial charge in [-0.3, -0.25) is 0 Å². The Labute approximate surface area is 134 Å². The lowest BCUT2D eigenvalue weighted by atomic mass is 10.1. The second kappa shape index (κ2) is 12.4. The van der Waals surface area contributed by atoms with Gasteiger partial charge in [0.1, 0.15) is 0 Å². The Morgan fingerprint density at radius 2 is 1.29 bits per heavy atom. The Hall–Kier alpha value is -0.120. The second-order valence-corrected chi connectivity index (χ2v) is 6.62. The average Bonchev–Trinajstić information content (AvgIpc) is 2.49. The van der Waals surface area contributed by atoms with Gasteiger partial charge in [0, 0.05) is 38.8 Å². The van der Waals surface area contributed by atoms with E-state index in [1.807, 2.05) is 0 Å². The van der Waals surface area contributed by atoms with Crippen molar-refractivity contribution in [3.8, 4) is 0 Å². The van der Waals surface area contributed by atoms with Crippen LogP contribution in [-0.4, -0.2) is 60.7 Å². The van der Waals surface area contributed by atoms with Gasteiger partial charge in [-0.2, -0.15) is 0 Å². The van der Waals surface area contributed by atoms with E-state index in [0.29, 0.717) is 6.04 Å². The van der Waals surface area contributed by atoms with E-state index >= 15 is 0 Å². The fraction of sp³-hybridized carbons (Fsp3) is 1.00. The van der Waals surface area contributed by atoms with E-state index in [1.54, 1.807) is 0 Å². The molecule has 2 atom stereocenters. The minimum absolute atomic E-state index is 0.682. The van der Waals surface area contributed by atoms with Gasteiger partial charge in [0.25, 0.3) is 0 Å².